The van der Waals surface area contributed by atoms with Crippen molar-refractivity contribution >= 4 is 11.9 Å². The molecule has 0 aromatic rings. The first-order valence-electron chi connectivity index (χ1n) is 17.9. The molecule has 0 aromatic heterocycles. The number of unbranched alkanes of at least 4 members (excludes halogenated alkanes) is 21. The Morgan fingerprint density at radius 2 is 0.825 bits per heavy atom. The van der Waals surface area contributed by atoms with Crippen molar-refractivity contribution in [1.82, 2.24) is 0 Å². The highest BCUT2D eigenvalue weighted by molar-refractivity contribution is 5.69. The van der Waals surface area contributed by atoms with Gasteiger partial charge in [0.2, 0.25) is 0 Å². The maximum absolute atomic E-state index is 12.1. The third-order valence-corrected chi connectivity index (χ3v) is 8.30. The molecule has 0 aliphatic heterocycles. The molecule has 0 N–H and O–H groups in total. The van der Waals surface area contributed by atoms with Crippen LogP contribution in [0.15, 0.2) is 0 Å². The van der Waals surface area contributed by atoms with E-state index in [2.05, 4.69) is 20.8 Å². The van der Waals surface area contributed by atoms with Crippen LogP contribution in [0.25, 0.3) is 0 Å². The molecule has 4 nitrogen and oxygen atoms in total. The SMILES string of the molecule is CCCCCCCCOC(=O)CCCCCCCCCCCCCCC(CC)CC(=O)OCCCCCCCC. The zero-order valence-corrected chi connectivity index (χ0v) is 27.4. The lowest BCUT2D eigenvalue weighted by molar-refractivity contribution is -0.145. The summed E-state index contributed by atoms with van der Waals surface area (Å²) >= 11 is 0. The first-order chi connectivity index (χ1) is 19.6. The largest absolute Gasteiger partial charge is 0.466 e. The number of carbonyl (C=O) groups excluding carboxylic acids is 2. The second-order valence-corrected chi connectivity index (χ2v) is 12.2. The molecule has 4 heteroatoms. The Morgan fingerprint density at radius 1 is 0.450 bits per heavy atom. The molecule has 0 radical (unpaired) electrons. The van der Waals surface area contributed by atoms with Crippen molar-refractivity contribution < 1.29 is 19.1 Å². The van der Waals surface area contributed by atoms with Crippen LogP contribution in [-0.4, -0.2) is 25.2 Å². The minimum Gasteiger partial charge on any atom is -0.466 e. The van der Waals surface area contributed by atoms with E-state index in [1.807, 2.05) is 0 Å². The van der Waals surface area contributed by atoms with Gasteiger partial charge in [0, 0.05) is 12.8 Å². The molecule has 0 aromatic carbocycles. The summed E-state index contributed by atoms with van der Waals surface area (Å²) in [5.74, 6) is 0.509. The summed E-state index contributed by atoms with van der Waals surface area (Å²) in [5.41, 5.74) is 0. The van der Waals surface area contributed by atoms with E-state index in [0.717, 1.165) is 32.1 Å². The Kier molecular flexibility index (Phi) is 31.6. The number of esters is 2. The number of hydrogen-bond donors (Lipinski definition) is 0. The number of ether oxygens (including phenoxy) is 2. The summed E-state index contributed by atoms with van der Waals surface area (Å²) < 4.78 is 10.8. The Morgan fingerprint density at radius 3 is 1.27 bits per heavy atom. The van der Waals surface area contributed by atoms with Crippen LogP contribution in [-0.2, 0) is 19.1 Å². The maximum atomic E-state index is 12.1. The highest BCUT2D eigenvalue weighted by Crippen LogP contribution is 2.20. The molecule has 0 saturated heterocycles. The van der Waals surface area contributed by atoms with E-state index < -0.39 is 0 Å². The molecule has 0 fully saturated rings. The first kappa shape index (κ1) is 38.9. The molecule has 0 bridgehead atoms. The fourth-order valence-electron chi connectivity index (χ4n) is 5.42. The van der Waals surface area contributed by atoms with Crippen molar-refractivity contribution in [3.05, 3.63) is 0 Å². The molecule has 1 unspecified atom stereocenters. The number of rotatable bonds is 32. The topological polar surface area (TPSA) is 52.6 Å². The summed E-state index contributed by atoms with van der Waals surface area (Å²) in [7, 11) is 0. The Balaban J connectivity index is 3.39. The lowest BCUT2D eigenvalue weighted by atomic mass is 9.95. The molecular weight excluding hydrogens is 496 g/mol. The van der Waals surface area contributed by atoms with Crippen molar-refractivity contribution in [1.29, 1.82) is 0 Å². The summed E-state index contributed by atoms with van der Waals surface area (Å²) in [6, 6.07) is 0. The molecule has 0 saturated carbocycles. The van der Waals surface area contributed by atoms with Crippen molar-refractivity contribution in [2.24, 2.45) is 5.92 Å². The van der Waals surface area contributed by atoms with Crippen LogP contribution in [0.4, 0.5) is 0 Å². The van der Waals surface area contributed by atoms with E-state index >= 15 is 0 Å². The molecule has 0 heterocycles. The average molecular weight is 567 g/mol. The van der Waals surface area contributed by atoms with Crippen molar-refractivity contribution in [2.75, 3.05) is 13.2 Å². The van der Waals surface area contributed by atoms with E-state index in [9.17, 15) is 9.59 Å². The highest BCUT2D eigenvalue weighted by atomic mass is 16.5. The van der Waals surface area contributed by atoms with E-state index in [1.54, 1.807) is 0 Å². The predicted molar refractivity (Wildman–Crippen MR) is 172 cm³/mol. The van der Waals surface area contributed by atoms with Crippen LogP contribution >= 0.6 is 0 Å². The molecule has 1 atom stereocenters. The summed E-state index contributed by atoms with van der Waals surface area (Å²) in [4.78, 5) is 23.9. The van der Waals surface area contributed by atoms with Crippen LogP contribution in [0.3, 0.4) is 0 Å². The molecular formula is C36H70O4. The van der Waals surface area contributed by atoms with Gasteiger partial charge in [0.25, 0.3) is 0 Å². The van der Waals surface area contributed by atoms with E-state index in [-0.39, 0.29) is 11.9 Å². The first-order valence-corrected chi connectivity index (χ1v) is 17.9. The van der Waals surface area contributed by atoms with Gasteiger partial charge in [-0.15, -0.1) is 0 Å². The predicted octanol–water partition coefficient (Wildman–Crippen LogP) is 11.7. The molecule has 0 aliphatic rings. The second kappa shape index (κ2) is 32.5. The van der Waals surface area contributed by atoms with Crippen LogP contribution in [0.5, 0.6) is 0 Å². The summed E-state index contributed by atoms with van der Waals surface area (Å²) in [6.45, 7) is 7.89. The third-order valence-electron chi connectivity index (χ3n) is 8.30. The molecule has 0 rings (SSSR count). The van der Waals surface area contributed by atoms with Crippen LogP contribution in [0, 0.1) is 5.92 Å². The lowest BCUT2D eigenvalue weighted by Crippen LogP contribution is -2.12. The van der Waals surface area contributed by atoms with E-state index in [0.29, 0.717) is 32.0 Å². The lowest BCUT2D eigenvalue weighted by Gasteiger charge is -2.14. The molecule has 0 spiro atoms. The van der Waals surface area contributed by atoms with Crippen molar-refractivity contribution in [2.45, 2.75) is 201 Å². The number of hydrogen-bond acceptors (Lipinski definition) is 4. The monoisotopic (exact) mass is 567 g/mol. The zero-order valence-electron chi connectivity index (χ0n) is 27.4. The quantitative estimate of drug-likeness (QED) is 0.0600. The Bertz CT molecular complexity index is 533. The third kappa shape index (κ3) is 29.9. The van der Waals surface area contributed by atoms with Crippen LogP contribution < -0.4 is 0 Å². The van der Waals surface area contributed by atoms with E-state index in [4.69, 9.17) is 9.47 Å². The van der Waals surface area contributed by atoms with Gasteiger partial charge in [0.1, 0.15) is 0 Å². The van der Waals surface area contributed by atoms with Gasteiger partial charge >= 0.3 is 11.9 Å². The fraction of sp³-hybridized carbons (Fsp3) is 0.944. The van der Waals surface area contributed by atoms with Gasteiger partial charge in [0.15, 0.2) is 0 Å². The highest BCUT2D eigenvalue weighted by Gasteiger charge is 2.13. The average Bonchev–Trinajstić information content (AvgIpc) is 2.95. The van der Waals surface area contributed by atoms with E-state index in [1.165, 1.54) is 135 Å². The smallest absolute Gasteiger partial charge is 0.306 e. The minimum absolute atomic E-state index is 0.0000751. The number of carbonyl (C=O) groups is 2. The zero-order chi connectivity index (χ0) is 29.4. The minimum atomic E-state index is 0.0000751. The van der Waals surface area contributed by atoms with Gasteiger partial charge < -0.3 is 9.47 Å². The van der Waals surface area contributed by atoms with Gasteiger partial charge in [-0.2, -0.15) is 0 Å². The summed E-state index contributed by atoms with van der Waals surface area (Å²) in [5, 5.41) is 0. The van der Waals surface area contributed by atoms with Gasteiger partial charge in [-0.3, -0.25) is 9.59 Å². The van der Waals surface area contributed by atoms with Crippen molar-refractivity contribution in [3.8, 4) is 0 Å². The normalized spacial score (nSPS) is 12.0. The molecule has 0 amide bonds. The van der Waals surface area contributed by atoms with Gasteiger partial charge in [0.05, 0.1) is 13.2 Å². The molecule has 0 aliphatic carbocycles. The second-order valence-electron chi connectivity index (χ2n) is 12.2. The Labute approximate surface area is 250 Å². The Hall–Kier alpha value is -1.06. The van der Waals surface area contributed by atoms with Gasteiger partial charge in [-0.1, -0.05) is 162 Å². The van der Waals surface area contributed by atoms with Crippen LogP contribution in [0.2, 0.25) is 0 Å². The molecule has 238 valence electrons. The summed E-state index contributed by atoms with van der Waals surface area (Å²) in [6.07, 6.45) is 33.5. The standard InChI is InChI=1S/C36H70O4/c1-4-7-9-11-23-27-31-39-35(37)30-26-22-20-18-16-14-13-15-17-19-21-25-29-34(6-3)33-36(38)40-32-28-24-12-10-8-5-2/h34H,4-33H2,1-3H3. The van der Waals surface area contributed by atoms with Crippen LogP contribution in [0.1, 0.15) is 201 Å². The van der Waals surface area contributed by atoms with Gasteiger partial charge in [-0.25, -0.2) is 0 Å². The fourth-order valence-corrected chi connectivity index (χ4v) is 5.42. The van der Waals surface area contributed by atoms with Gasteiger partial charge in [-0.05, 0) is 31.6 Å². The van der Waals surface area contributed by atoms with Crippen molar-refractivity contribution in [3.63, 3.8) is 0 Å². The molecule has 40 heavy (non-hydrogen) atoms. The maximum Gasteiger partial charge on any atom is 0.306 e.